The Labute approximate surface area is 162 Å². The van der Waals surface area contributed by atoms with E-state index >= 15 is 0 Å². The highest BCUT2D eigenvalue weighted by Crippen LogP contribution is 2.25. The minimum Gasteiger partial charge on any atom is -0.361 e. The molecule has 1 saturated heterocycles. The Morgan fingerprint density at radius 2 is 1.93 bits per heavy atom. The molecule has 5 nitrogen and oxygen atoms in total. The maximum Gasteiger partial charge on any atom is 0.243 e. The molecule has 1 aromatic heterocycles. The first kappa shape index (κ1) is 17.6. The molecule has 1 atom stereocenters. The average molecular weight is 382 g/mol. The number of nitrogens with zero attached hydrogens (tertiary/aromatic N) is 1. The monoisotopic (exact) mass is 381 g/mol. The number of benzene rings is 2. The third kappa shape index (κ3) is 3.55. The van der Waals surface area contributed by atoms with E-state index in [2.05, 4.69) is 10.3 Å². The number of fused-ring (bicyclic) bond motifs is 1. The first-order valence-electron chi connectivity index (χ1n) is 8.99. The lowest BCUT2D eigenvalue weighted by atomic mass is 10.1. The topological polar surface area (TPSA) is 65.2 Å². The summed E-state index contributed by atoms with van der Waals surface area (Å²) in [5.41, 5.74) is 2.91. The summed E-state index contributed by atoms with van der Waals surface area (Å²) >= 11 is 6.15. The summed E-state index contributed by atoms with van der Waals surface area (Å²) in [5, 5.41) is 4.62. The number of para-hydroxylation sites is 1. The van der Waals surface area contributed by atoms with Crippen LogP contribution in [0.5, 0.6) is 0 Å². The summed E-state index contributed by atoms with van der Waals surface area (Å²) in [6.45, 7) is 0.775. The van der Waals surface area contributed by atoms with E-state index in [1.165, 1.54) is 0 Å². The zero-order chi connectivity index (χ0) is 18.8. The number of nitrogens with one attached hydrogen (secondary N) is 2. The Bertz CT molecular complexity index is 998. The Kier molecular flexibility index (Phi) is 4.86. The molecule has 3 aromatic rings. The number of H-pyrrole nitrogens is 1. The number of carbonyl (C=O) groups is 2. The molecule has 0 bridgehead atoms. The van der Waals surface area contributed by atoms with Crippen LogP contribution in [0.15, 0.2) is 54.7 Å². The van der Waals surface area contributed by atoms with Gasteiger partial charge >= 0.3 is 0 Å². The maximum atomic E-state index is 12.7. The molecule has 2 amide bonds. The van der Waals surface area contributed by atoms with Crippen molar-refractivity contribution in [1.29, 1.82) is 0 Å². The molecule has 2 aromatic carbocycles. The molecule has 6 heteroatoms. The Balaban J connectivity index is 1.48. The number of halogens is 1. The molecule has 1 aliphatic heterocycles. The molecule has 1 unspecified atom stereocenters. The van der Waals surface area contributed by atoms with Crippen molar-refractivity contribution in [3.05, 3.63) is 70.9 Å². The summed E-state index contributed by atoms with van der Waals surface area (Å²) in [6.07, 6.45) is 2.84. The second kappa shape index (κ2) is 7.45. The van der Waals surface area contributed by atoms with Gasteiger partial charge in [-0.25, -0.2) is 0 Å². The highest BCUT2D eigenvalue weighted by atomic mass is 35.5. The van der Waals surface area contributed by atoms with Crippen LogP contribution < -0.4 is 5.32 Å². The standard InChI is InChI=1S/C21H20ClN3O2/c22-17-7-3-1-5-14(17)11-24-21(27)19-9-10-20(26)25(19)13-15-12-23-18-8-4-2-6-16(15)18/h1-8,12,19,23H,9-11,13H2,(H,24,27). The van der Waals surface area contributed by atoms with Crippen molar-refractivity contribution >= 4 is 34.3 Å². The van der Waals surface area contributed by atoms with Gasteiger partial charge in [-0.2, -0.15) is 0 Å². The summed E-state index contributed by atoms with van der Waals surface area (Å²) in [4.78, 5) is 30.0. The second-order valence-electron chi connectivity index (χ2n) is 6.74. The van der Waals surface area contributed by atoms with Crippen LogP contribution in [0.2, 0.25) is 5.02 Å². The molecule has 0 aliphatic carbocycles. The number of hydrogen-bond donors (Lipinski definition) is 2. The van der Waals surface area contributed by atoms with Gasteiger partial charge in [-0.05, 0) is 29.7 Å². The predicted octanol–water partition coefficient (Wildman–Crippen LogP) is 3.63. The lowest BCUT2D eigenvalue weighted by Crippen LogP contribution is -2.44. The maximum absolute atomic E-state index is 12.7. The number of amides is 2. The third-order valence-corrected chi connectivity index (χ3v) is 5.43. The summed E-state index contributed by atoms with van der Waals surface area (Å²) in [7, 11) is 0. The van der Waals surface area contributed by atoms with Gasteiger partial charge in [-0.1, -0.05) is 48.0 Å². The fraction of sp³-hybridized carbons (Fsp3) is 0.238. The molecule has 0 radical (unpaired) electrons. The lowest BCUT2D eigenvalue weighted by Gasteiger charge is -2.24. The van der Waals surface area contributed by atoms with Crippen molar-refractivity contribution in [2.24, 2.45) is 0 Å². The fourth-order valence-electron chi connectivity index (χ4n) is 3.59. The summed E-state index contributed by atoms with van der Waals surface area (Å²) < 4.78 is 0. The van der Waals surface area contributed by atoms with Crippen LogP contribution in [-0.2, 0) is 22.7 Å². The highest BCUT2D eigenvalue weighted by molar-refractivity contribution is 6.31. The van der Waals surface area contributed by atoms with E-state index < -0.39 is 6.04 Å². The number of rotatable bonds is 5. The smallest absolute Gasteiger partial charge is 0.243 e. The molecule has 4 rings (SSSR count). The van der Waals surface area contributed by atoms with Crippen molar-refractivity contribution in [3.63, 3.8) is 0 Å². The molecular weight excluding hydrogens is 362 g/mol. The number of aromatic amines is 1. The molecule has 0 saturated carbocycles. The van der Waals surface area contributed by atoms with Gasteiger partial charge in [0.15, 0.2) is 0 Å². The molecule has 2 N–H and O–H groups in total. The van der Waals surface area contributed by atoms with Gasteiger partial charge in [-0.3, -0.25) is 9.59 Å². The van der Waals surface area contributed by atoms with Crippen LogP contribution in [0.3, 0.4) is 0 Å². The minimum absolute atomic E-state index is 0.0122. The Morgan fingerprint density at radius 1 is 1.15 bits per heavy atom. The molecule has 0 spiro atoms. The van der Waals surface area contributed by atoms with Gasteiger partial charge in [0.25, 0.3) is 0 Å². The molecular formula is C21H20ClN3O2. The number of aromatic nitrogens is 1. The largest absolute Gasteiger partial charge is 0.361 e. The Morgan fingerprint density at radius 3 is 2.78 bits per heavy atom. The van der Waals surface area contributed by atoms with Gasteiger partial charge in [0, 0.05) is 41.6 Å². The second-order valence-corrected chi connectivity index (χ2v) is 7.15. The van der Waals surface area contributed by atoms with Crippen molar-refractivity contribution in [1.82, 2.24) is 15.2 Å². The van der Waals surface area contributed by atoms with Crippen molar-refractivity contribution in [2.75, 3.05) is 0 Å². The quantitative estimate of drug-likeness (QED) is 0.708. The van der Waals surface area contributed by atoms with Gasteiger partial charge in [0.1, 0.15) is 6.04 Å². The van der Waals surface area contributed by atoms with Crippen LogP contribution in [0.1, 0.15) is 24.0 Å². The van der Waals surface area contributed by atoms with E-state index in [9.17, 15) is 9.59 Å². The van der Waals surface area contributed by atoms with Gasteiger partial charge in [0.2, 0.25) is 11.8 Å². The normalized spacial score (nSPS) is 16.9. The number of likely N-dealkylation sites (tertiary alicyclic amines) is 1. The molecule has 27 heavy (non-hydrogen) atoms. The summed E-state index contributed by atoms with van der Waals surface area (Å²) in [6, 6.07) is 14.9. The highest BCUT2D eigenvalue weighted by Gasteiger charge is 2.36. The molecule has 2 heterocycles. The molecule has 138 valence electrons. The number of hydrogen-bond acceptors (Lipinski definition) is 2. The van der Waals surface area contributed by atoms with E-state index in [0.29, 0.717) is 31.0 Å². The molecule has 1 aliphatic rings. The van der Waals surface area contributed by atoms with E-state index in [1.54, 1.807) is 11.0 Å². The lowest BCUT2D eigenvalue weighted by molar-refractivity contribution is -0.135. The van der Waals surface area contributed by atoms with Crippen LogP contribution in [0.4, 0.5) is 0 Å². The van der Waals surface area contributed by atoms with Crippen LogP contribution in [0, 0.1) is 0 Å². The van der Waals surface area contributed by atoms with E-state index in [0.717, 1.165) is 22.0 Å². The average Bonchev–Trinajstić information content (AvgIpc) is 3.25. The van der Waals surface area contributed by atoms with E-state index in [4.69, 9.17) is 11.6 Å². The van der Waals surface area contributed by atoms with Crippen molar-refractivity contribution in [3.8, 4) is 0 Å². The van der Waals surface area contributed by atoms with Crippen molar-refractivity contribution < 1.29 is 9.59 Å². The van der Waals surface area contributed by atoms with E-state index in [1.807, 2.05) is 48.7 Å². The van der Waals surface area contributed by atoms with Crippen LogP contribution in [-0.4, -0.2) is 27.7 Å². The van der Waals surface area contributed by atoms with Gasteiger partial charge in [0.05, 0.1) is 0 Å². The minimum atomic E-state index is -0.450. The Hall–Kier alpha value is -2.79. The zero-order valence-corrected chi connectivity index (χ0v) is 15.5. The predicted molar refractivity (Wildman–Crippen MR) is 105 cm³/mol. The first-order valence-corrected chi connectivity index (χ1v) is 9.37. The third-order valence-electron chi connectivity index (χ3n) is 5.06. The number of carbonyl (C=O) groups excluding carboxylic acids is 2. The molecule has 1 fully saturated rings. The van der Waals surface area contributed by atoms with E-state index in [-0.39, 0.29) is 11.8 Å². The zero-order valence-electron chi connectivity index (χ0n) is 14.7. The summed E-state index contributed by atoms with van der Waals surface area (Å²) in [5.74, 6) is -0.126. The first-order chi connectivity index (χ1) is 13.1. The fourth-order valence-corrected chi connectivity index (χ4v) is 3.79. The van der Waals surface area contributed by atoms with Gasteiger partial charge < -0.3 is 15.2 Å². The van der Waals surface area contributed by atoms with Crippen LogP contribution in [0.25, 0.3) is 10.9 Å². The van der Waals surface area contributed by atoms with Crippen molar-refractivity contribution in [2.45, 2.75) is 32.0 Å². The van der Waals surface area contributed by atoms with Crippen LogP contribution >= 0.6 is 11.6 Å². The van der Waals surface area contributed by atoms with Gasteiger partial charge in [-0.15, -0.1) is 0 Å². The SMILES string of the molecule is O=C(NCc1ccccc1Cl)C1CCC(=O)N1Cc1c[nH]c2ccccc12.